The van der Waals surface area contributed by atoms with Gasteiger partial charge in [-0.05, 0) is 12.5 Å². The summed E-state index contributed by atoms with van der Waals surface area (Å²) in [5, 5.41) is 8.40. The third-order valence-corrected chi connectivity index (χ3v) is 3.45. The van der Waals surface area contributed by atoms with Gasteiger partial charge in [-0.1, -0.05) is 30.7 Å². The van der Waals surface area contributed by atoms with Gasteiger partial charge in [0.2, 0.25) is 0 Å². The molecule has 0 spiro atoms. The number of carbonyl (C=O) groups excluding carboxylic acids is 1. The van der Waals surface area contributed by atoms with E-state index in [2.05, 4.69) is 0 Å². The minimum atomic E-state index is -0.487. The van der Waals surface area contributed by atoms with Crippen LogP contribution in [0.25, 0.3) is 0 Å². The zero-order chi connectivity index (χ0) is 12.6. The van der Waals surface area contributed by atoms with Gasteiger partial charge in [-0.3, -0.25) is 4.79 Å². The summed E-state index contributed by atoms with van der Waals surface area (Å²) < 4.78 is 5.24. The Bertz CT molecular complexity index is 484. The van der Waals surface area contributed by atoms with E-state index in [0.717, 1.165) is 0 Å². The molecule has 1 fully saturated rings. The van der Waals surface area contributed by atoms with Crippen LogP contribution in [0.1, 0.15) is 24.8 Å². The van der Waals surface area contributed by atoms with E-state index in [4.69, 9.17) is 21.7 Å². The van der Waals surface area contributed by atoms with Crippen molar-refractivity contribution in [3.63, 3.8) is 0 Å². The van der Waals surface area contributed by atoms with E-state index in [1.165, 1.54) is 7.11 Å². The second-order valence-corrected chi connectivity index (χ2v) is 4.74. The van der Waals surface area contributed by atoms with Crippen molar-refractivity contribution in [2.75, 3.05) is 7.11 Å². The third kappa shape index (κ3) is 1.95. The van der Waals surface area contributed by atoms with Crippen LogP contribution in [0.2, 0.25) is 5.02 Å². The highest BCUT2D eigenvalue weighted by molar-refractivity contribution is 6.32. The van der Waals surface area contributed by atoms with Crippen molar-refractivity contribution in [2.24, 2.45) is 5.92 Å². The molecule has 0 saturated heterocycles. The average molecular weight is 252 g/mol. The molecule has 17 heavy (non-hydrogen) atoms. The van der Waals surface area contributed by atoms with E-state index in [1.807, 2.05) is 6.92 Å². The largest absolute Gasteiger partial charge is 0.495 e. The average Bonchev–Trinajstić information content (AvgIpc) is 2.53. The van der Waals surface area contributed by atoms with Gasteiger partial charge < -0.3 is 10.1 Å². The van der Waals surface area contributed by atoms with E-state index in [0.29, 0.717) is 28.5 Å². The number of ether oxygens (including phenoxy) is 1. The molecule has 2 rings (SSSR count). The van der Waals surface area contributed by atoms with Crippen LogP contribution < -0.4 is 4.74 Å². The van der Waals surface area contributed by atoms with Gasteiger partial charge in [-0.25, -0.2) is 0 Å². The maximum absolute atomic E-state index is 12.1. The van der Waals surface area contributed by atoms with Crippen LogP contribution in [-0.4, -0.2) is 18.6 Å². The van der Waals surface area contributed by atoms with Crippen LogP contribution in [0.3, 0.4) is 0 Å². The molecule has 1 aromatic rings. The lowest BCUT2D eigenvalue weighted by Gasteiger charge is -2.15. The third-order valence-electron chi connectivity index (χ3n) is 3.16. The number of Topliss-reactive ketones (excluding diaryl/α,β-unsaturated/α-hetero) is 1. The standard InChI is InChI=1S/C13H14ClNO2/c1-7-6-10(15)11(12(7)16)8-4-3-5-9(14)13(8)17-2/h3-5,7,11,15H,6H2,1-2H3. The molecule has 1 N–H and O–H groups in total. The van der Waals surface area contributed by atoms with Crippen molar-refractivity contribution < 1.29 is 9.53 Å². The molecular formula is C13H14ClNO2. The summed E-state index contributed by atoms with van der Waals surface area (Å²) in [5.74, 6) is 0.0109. The second kappa shape index (κ2) is 4.49. The van der Waals surface area contributed by atoms with E-state index in [1.54, 1.807) is 18.2 Å². The van der Waals surface area contributed by atoms with Crippen molar-refractivity contribution in [2.45, 2.75) is 19.3 Å². The summed E-state index contributed by atoms with van der Waals surface area (Å²) in [7, 11) is 1.52. The number of carbonyl (C=O) groups is 1. The zero-order valence-corrected chi connectivity index (χ0v) is 10.5. The molecule has 90 valence electrons. The molecule has 0 radical (unpaired) electrons. The van der Waals surface area contributed by atoms with Gasteiger partial charge in [0.15, 0.2) is 0 Å². The van der Waals surface area contributed by atoms with Crippen molar-refractivity contribution in [1.82, 2.24) is 0 Å². The normalized spacial score (nSPS) is 24.2. The molecule has 2 unspecified atom stereocenters. The fraction of sp³-hybridized carbons (Fsp3) is 0.385. The summed E-state index contributed by atoms with van der Waals surface area (Å²) in [6.07, 6.45) is 0.527. The first-order chi connectivity index (χ1) is 8.06. The Morgan fingerprint density at radius 3 is 2.71 bits per heavy atom. The topological polar surface area (TPSA) is 50.1 Å². The van der Waals surface area contributed by atoms with Gasteiger partial charge in [0, 0.05) is 17.2 Å². The number of ketones is 1. The van der Waals surface area contributed by atoms with Crippen LogP contribution in [0, 0.1) is 11.3 Å². The summed E-state index contributed by atoms with van der Waals surface area (Å²) in [6.45, 7) is 1.86. The lowest BCUT2D eigenvalue weighted by atomic mass is 9.93. The first kappa shape index (κ1) is 12.1. The minimum absolute atomic E-state index is 0.0792. The van der Waals surface area contributed by atoms with Gasteiger partial charge in [-0.2, -0.15) is 0 Å². The molecule has 4 heteroatoms. The van der Waals surface area contributed by atoms with Gasteiger partial charge in [-0.15, -0.1) is 0 Å². The Labute approximate surface area is 105 Å². The molecule has 0 heterocycles. The Kier molecular flexibility index (Phi) is 3.20. The molecular weight excluding hydrogens is 238 g/mol. The number of rotatable bonds is 2. The lowest BCUT2D eigenvalue weighted by Crippen LogP contribution is -2.14. The maximum atomic E-state index is 12.1. The molecule has 0 aliphatic heterocycles. The summed E-state index contributed by atoms with van der Waals surface area (Å²) >= 11 is 6.03. The molecule has 0 bridgehead atoms. The molecule has 3 nitrogen and oxygen atoms in total. The zero-order valence-electron chi connectivity index (χ0n) is 9.79. The molecule has 1 aromatic carbocycles. The van der Waals surface area contributed by atoms with Crippen LogP contribution in [0.15, 0.2) is 18.2 Å². The maximum Gasteiger partial charge on any atom is 0.149 e. The van der Waals surface area contributed by atoms with Gasteiger partial charge >= 0.3 is 0 Å². The predicted molar refractivity (Wildman–Crippen MR) is 67.3 cm³/mol. The fourth-order valence-corrected chi connectivity index (χ4v) is 2.57. The molecule has 1 aliphatic rings. The monoisotopic (exact) mass is 251 g/mol. The molecule has 1 aliphatic carbocycles. The number of nitrogens with one attached hydrogen (secondary N) is 1. The van der Waals surface area contributed by atoms with Crippen LogP contribution in [0.4, 0.5) is 0 Å². The Hall–Kier alpha value is -1.35. The molecule has 0 amide bonds. The Morgan fingerprint density at radius 1 is 1.47 bits per heavy atom. The van der Waals surface area contributed by atoms with E-state index in [9.17, 15) is 4.79 Å². The number of hydrogen-bond acceptors (Lipinski definition) is 3. The van der Waals surface area contributed by atoms with E-state index in [-0.39, 0.29) is 11.7 Å². The van der Waals surface area contributed by atoms with Crippen LogP contribution in [-0.2, 0) is 4.79 Å². The van der Waals surface area contributed by atoms with Crippen molar-refractivity contribution in [1.29, 1.82) is 5.41 Å². The summed E-state index contributed by atoms with van der Waals surface area (Å²) in [4.78, 5) is 12.1. The summed E-state index contributed by atoms with van der Waals surface area (Å²) in [5.41, 5.74) is 1.16. The number of hydrogen-bond donors (Lipinski definition) is 1. The highest BCUT2D eigenvalue weighted by atomic mass is 35.5. The SMILES string of the molecule is COc1c(Cl)cccc1C1C(=N)CC(C)C1=O. The lowest BCUT2D eigenvalue weighted by molar-refractivity contribution is -0.121. The highest BCUT2D eigenvalue weighted by Crippen LogP contribution is 2.39. The van der Waals surface area contributed by atoms with Crippen molar-refractivity contribution >= 4 is 23.1 Å². The predicted octanol–water partition coefficient (Wildman–Crippen LogP) is 3.06. The quantitative estimate of drug-likeness (QED) is 0.878. The highest BCUT2D eigenvalue weighted by Gasteiger charge is 2.38. The first-order valence-corrected chi connectivity index (χ1v) is 5.87. The van der Waals surface area contributed by atoms with Gasteiger partial charge in [0.25, 0.3) is 0 Å². The molecule has 0 aromatic heterocycles. The van der Waals surface area contributed by atoms with Crippen LogP contribution in [0.5, 0.6) is 5.75 Å². The molecule has 2 atom stereocenters. The Morgan fingerprint density at radius 2 is 2.18 bits per heavy atom. The second-order valence-electron chi connectivity index (χ2n) is 4.33. The first-order valence-electron chi connectivity index (χ1n) is 5.49. The van der Waals surface area contributed by atoms with E-state index >= 15 is 0 Å². The van der Waals surface area contributed by atoms with Crippen molar-refractivity contribution in [3.8, 4) is 5.75 Å². The van der Waals surface area contributed by atoms with Gasteiger partial charge in [0.05, 0.1) is 18.1 Å². The number of halogens is 1. The van der Waals surface area contributed by atoms with Crippen molar-refractivity contribution in [3.05, 3.63) is 28.8 Å². The smallest absolute Gasteiger partial charge is 0.149 e. The number of benzene rings is 1. The Balaban J connectivity index is 2.51. The van der Waals surface area contributed by atoms with E-state index < -0.39 is 5.92 Å². The van der Waals surface area contributed by atoms with Gasteiger partial charge in [0.1, 0.15) is 11.5 Å². The number of methoxy groups -OCH3 is 1. The molecule has 1 saturated carbocycles. The minimum Gasteiger partial charge on any atom is -0.495 e. The number of para-hydroxylation sites is 1. The van der Waals surface area contributed by atoms with Crippen LogP contribution >= 0.6 is 11.6 Å². The fourth-order valence-electron chi connectivity index (χ4n) is 2.31. The summed E-state index contributed by atoms with van der Waals surface area (Å²) in [6, 6.07) is 5.31.